The Bertz CT molecular complexity index is 852. The summed E-state index contributed by atoms with van der Waals surface area (Å²) in [5, 5.41) is 3.11. The summed E-state index contributed by atoms with van der Waals surface area (Å²) >= 11 is 6.08. The van der Waals surface area contributed by atoms with Crippen LogP contribution >= 0.6 is 11.6 Å². The Hall–Kier alpha value is -1.85. The van der Waals surface area contributed by atoms with Gasteiger partial charge in [-0.15, -0.1) is 0 Å². The Morgan fingerprint density at radius 3 is 2.26 bits per heavy atom. The minimum Gasteiger partial charge on any atom is -0.349 e. The molecule has 120 valence electrons. The Labute approximate surface area is 140 Å². The van der Waals surface area contributed by atoms with E-state index in [2.05, 4.69) is 17.4 Å². The molecule has 0 saturated carbocycles. The van der Waals surface area contributed by atoms with Gasteiger partial charge in [-0.1, -0.05) is 35.9 Å². The quantitative estimate of drug-likeness (QED) is 0.926. The lowest BCUT2D eigenvalue weighted by atomic mass is 10.1. The van der Waals surface area contributed by atoms with Crippen LogP contribution in [-0.2, 0) is 22.7 Å². The average molecular weight is 350 g/mol. The smallest absolute Gasteiger partial charge is 0.253 e. The van der Waals surface area contributed by atoms with Crippen LogP contribution < -0.4 is 5.32 Å². The van der Waals surface area contributed by atoms with Crippen LogP contribution in [0.4, 0.5) is 0 Å². The zero-order chi connectivity index (χ0) is 16.6. The molecule has 0 aliphatic heterocycles. The summed E-state index contributed by atoms with van der Waals surface area (Å²) in [5.41, 5.74) is 2.78. The molecule has 0 unspecified atom stereocenters. The van der Waals surface area contributed by atoms with Crippen LogP contribution in [0.3, 0.4) is 0 Å². The highest BCUT2D eigenvalue weighted by Gasteiger charge is 2.24. The van der Waals surface area contributed by atoms with E-state index >= 15 is 0 Å². The lowest BCUT2D eigenvalue weighted by Crippen LogP contribution is -2.35. The second kappa shape index (κ2) is 5.98. The third-order valence-corrected chi connectivity index (χ3v) is 5.42. The average Bonchev–Trinajstić information content (AvgIpc) is 2.88. The highest BCUT2D eigenvalue weighted by Crippen LogP contribution is 2.24. The van der Waals surface area contributed by atoms with Gasteiger partial charge < -0.3 is 5.32 Å². The highest BCUT2D eigenvalue weighted by molar-refractivity contribution is 7.90. The molecule has 0 fully saturated rings. The van der Waals surface area contributed by atoms with Gasteiger partial charge in [0.25, 0.3) is 5.91 Å². The maximum absolute atomic E-state index is 12.4. The van der Waals surface area contributed by atoms with E-state index in [1.807, 2.05) is 12.1 Å². The van der Waals surface area contributed by atoms with E-state index in [0.29, 0.717) is 0 Å². The van der Waals surface area contributed by atoms with Crippen LogP contribution in [0.5, 0.6) is 0 Å². The summed E-state index contributed by atoms with van der Waals surface area (Å²) in [6, 6.07) is 12.3. The standard InChI is InChI=1S/C17H16ClNO3S/c1-23(21,22)14-6-7-15(16(18)10-14)17(20)19-13-8-11-4-2-3-5-12(11)9-13/h2-7,10,13H,8-9H2,1H3,(H,19,20). The normalized spacial score (nSPS) is 14.5. The minimum atomic E-state index is -3.34. The van der Waals surface area contributed by atoms with Crippen molar-refractivity contribution < 1.29 is 13.2 Å². The molecule has 0 bridgehead atoms. The molecule has 0 radical (unpaired) electrons. The first-order valence-electron chi connectivity index (χ1n) is 7.22. The second-order valence-electron chi connectivity index (χ2n) is 5.76. The predicted octanol–water partition coefficient (Wildman–Crippen LogP) is 2.64. The van der Waals surface area contributed by atoms with Crippen molar-refractivity contribution in [3.8, 4) is 0 Å². The fourth-order valence-corrected chi connectivity index (χ4v) is 3.81. The van der Waals surface area contributed by atoms with Crippen LogP contribution in [0, 0.1) is 0 Å². The van der Waals surface area contributed by atoms with Gasteiger partial charge in [0, 0.05) is 12.3 Å². The first-order chi connectivity index (χ1) is 10.8. The van der Waals surface area contributed by atoms with Gasteiger partial charge in [0.1, 0.15) is 0 Å². The summed E-state index contributed by atoms with van der Waals surface area (Å²) in [6.07, 6.45) is 2.69. The van der Waals surface area contributed by atoms with Crippen LogP contribution in [0.1, 0.15) is 21.5 Å². The molecule has 0 spiro atoms. The molecule has 1 amide bonds. The lowest BCUT2D eigenvalue weighted by molar-refractivity contribution is 0.0938. The van der Waals surface area contributed by atoms with Crippen molar-refractivity contribution in [3.05, 3.63) is 64.2 Å². The third-order valence-electron chi connectivity index (χ3n) is 4.00. The van der Waals surface area contributed by atoms with Gasteiger partial charge in [0.05, 0.1) is 15.5 Å². The Balaban J connectivity index is 1.75. The zero-order valence-corrected chi connectivity index (χ0v) is 14.1. The maximum atomic E-state index is 12.4. The number of halogens is 1. The van der Waals surface area contributed by atoms with Crippen molar-refractivity contribution in [2.45, 2.75) is 23.8 Å². The van der Waals surface area contributed by atoms with Crippen molar-refractivity contribution in [2.75, 3.05) is 6.26 Å². The van der Waals surface area contributed by atoms with Crippen LogP contribution in [-0.4, -0.2) is 26.6 Å². The van der Waals surface area contributed by atoms with E-state index in [0.717, 1.165) is 19.1 Å². The van der Waals surface area contributed by atoms with Crippen molar-refractivity contribution >= 4 is 27.3 Å². The SMILES string of the molecule is CS(=O)(=O)c1ccc(C(=O)NC2Cc3ccccc3C2)c(Cl)c1. The molecule has 6 heteroatoms. The Kier molecular flexibility index (Phi) is 4.17. The molecule has 4 nitrogen and oxygen atoms in total. The van der Waals surface area contributed by atoms with Gasteiger partial charge in [-0.2, -0.15) is 0 Å². The number of nitrogens with one attached hydrogen (secondary N) is 1. The third kappa shape index (κ3) is 3.41. The van der Waals surface area contributed by atoms with Crippen LogP contribution in [0.25, 0.3) is 0 Å². The van der Waals surface area contributed by atoms with E-state index in [1.54, 1.807) is 0 Å². The highest BCUT2D eigenvalue weighted by atomic mass is 35.5. The molecular formula is C17H16ClNO3S. The van der Waals surface area contributed by atoms with Crippen molar-refractivity contribution in [1.82, 2.24) is 5.32 Å². The topological polar surface area (TPSA) is 63.2 Å². The number of sulfone groups is 1. The lowest BCUT2D eigenvalue weighted by Gasteiger charge is -2.13. The van der Waals surface area contributed by atoms with Gasteiger partial charge >= 0.3 is 0 Å². The molecule has 3 rings (SSSR count). The molecule has 0 aromatic heterocycles. The van der Waals surface area contributed by atoms with E-state index in [9.17, 15) is 13.2 Å². The van der Waals surface area contributed by atoms with E-state index < -0.39 is 9.84 Å². The summed E-state index contributed by atoms with van der Waals surface area (Å²) in [5.74, 6) is -0.284. The van der Waals surface area contributed by atoms with Crippen molar-refractivity contribution in [3.63, 3.8) is 0 Å². The molecule has 0 saturated heterocycles. The molecule has 23 heavy (non-hydrogen) atoms. The first kappa shape index (κ1) is 16.0. The van der Waals surface area contributed by atoms with Gasteiger partial charge in [0.2, 0.25) is 0 Å². The van der Waals surface area contributed by atoms with Gasteiger partial charge in [-0.05, 0) is 42.2 Å². The number of carbonyl (C=O) groups excluding carboxylic acids is 1. The molecule has 0 heterocycles. The van der Waals surface area contributed by atoms with Crippen LogP contribution in [0.15, 0.2) is 47.4 Å². The molecule has 1 N–H and O–H groups in total. The van der Waals surface area contributed by atoms with E-state index in [1.165, 1.54) is 29.3 Å². The van der Waals surface area contributed by atoms with Gasteiger partial charge in [0.15, 0.2) is 9.84 Å². The fraction of sp³-hybridized carbons (Fsp3) is 0.235. The molecular weight excluding hydrogens is 334 g/mol. The summed E-state index contributed by atoms with van der Waals surface area (Å²) in [6.45, 7) is 0. The fourth-order valence-electron chi connectivity index (χ4n) is 2.83. The Morgan fingerprint density at radius 2 is 1.74 bits per heavy atom. The number of fused-ring (bicyclic) bond motifs is 1. The summed E-state index contributed by atoms with van der Waals surface area (Å²) in [7, 11) is -3.34. The molecule has 2 aromatic carbocycles. The predicted molar refractivity (Wildman–Crippen MR) is 89.7 cm³/mol. The monoisotopic (exact) mass is 349 g/mol. The van der Waals surface area contributed by atoms with E-state index in [4.69, 9.17) is 11.6 Å². The number of rotatable bonds is 3. The molecule has 0 atom stereocenters. The number of carbonyl (C=O) groups is 1. The first-order valence-corrected chi connectivity index (χ1v) is 9.49. The second-order valence-corrected chi connectivity index (χ2v) is 8.18. The number of hydrogen-bond donors (Lipinski definition) is 1. The maximum Gasteiger partial charge on any atom is 0.253 e. The minimum absolute atomic E-state index is 0.0329. The van der Waals surface area contributed by atoms with Crippen molar-refractivity contribution in [2.24, 2.45) is 0 Å². The number of amides is 1. The van der Waals surface area contributed by atoms with E-state index in [-0.39, 0.29) is 27.4 Å². The van der Waals surface area contributed by atoms with Crippen molar-refractivity contribution in [1.29, 1.82) is 0 Å². The Morgan fingerprint density at radius 1 is 1.13 bits per heavy atom. The summed E-state index contributed by atoms with van der Waals surface area (Å²) in [4.78, 5) is 12.5. The number of hydrogen-bond acceptors (Lipinski definition) is 3. The number of benzene rings is 2. The molecule has 1 aliphatic rings. The molecule has 1 aliphatic carbocycles. The largest absolute Gasteiger partial charge is 0.349 e. The van der Waals surface area contributed by atoms with Crippen LogP contribution in [0.2, 0.25) is 5.02 Å². The van der Waals surface area contributed by atoms with Gasteiger partial charge in [-0.25, -0.2) is 8.42 Å². The molecule has 2 aromatic rings. The van der Waals surface area contributed by atoms with Gasteiger partial charge in [-0.3, -0.25) is 4.79 Å². The summed E-state index contributed by atoms with van der Waals surface area (Å²) < 4.78 is 23.0. The zero-order valence-electron chi connectivity index (χ0n) is 12.5.